The van der Waals surface area contributed by atoms with Gasteiger partial charge >= 0.3 is 0 Å². The minimum absolute atomic E-state index is 0.682. The summed E-state index contributed by atoms with van der Waals surface area (Å²) < 4.78 is 0. The second-order valence-corrected chi connectivity index (χ2v) is 6.52. The molecule has 0 unspecified atom stereocenters. The fourth-order valence-corrected chi connectivity index (χ4v) is 2.74. The molecule has 0 fully saturated rings. The largest absolute Gasteiger partial charge is 0.218 e. The average Bonchev–Trinajstić information content (AvgIpc) is 2.62. The van der Waals surface area contributed by atoms with Crippen molar-refractivity contribution in [3.8, 4) is 0 Å². The van der Waals surface area contributed by atoms with Crippen LogP contribution in [0.5, 0.6) is 0 Å². The molecular weight excluding hydrogens is 298 g/mol. The molecule has 3 heteroatoms. The minimum Gasteiger partial charge on any atom is -0.218 e. The van der Waals surface area contributed by atoms with E-state index in [9.17, 15) is 0 Å². The lowest BCUT2D eigenvalue weighted by Gasteiger charge is -2.18. The molecule has 0 aliphatic heterocycles. The van der Waals surface area contributed by atoms with Gasteiger partial charge in [-0.1, -0.05) is 95.0 Å². The topological polar surface area (TPSA) is 21.7 Å². The second kappa shape index (κ2) is 15.6. The molecule has 24 heavy (non-hydrogen) atoms. The molecule has 0 saturated carbocycles. The fourth-order valence-electron chi connectivity index (χ4n) is 2.74. The van der Waals surface area contributed by atoms with Crippen molar-refractivity contribution in [3.63, 3.8) is 0 Å². The summed E-state index contributed by atoms with van der Waals surface area (Å²) in [6.45, 7) is 6.60. The van der Waals surface area contributed by atoms with Crippen LogP contribution in [-0.2, 0) is 16.4 Å². The van der Waals surface area contributed by atoms with Gasteiger partial charge in [0.05, 0.1) is 13.2 Å². The first-order valence-corrected chi connectivity index (χ1v) is 9.95. The van der Waals surface area contributed by atoms with Crippen LogP contribution < -0.4 is 0 Å². The maximum absolute atomic E-state index is 5.41. The molecule has 1 rings (SSSR count). The second-order valence-electron chi connectivity index (χ2n) is 6.52. The molecule has 0 heterocycles. The van der Waals surface area contributed by atoms with E-state index in [4.69, 9.17) is 9.88 Å². The Morgan fingerprint density at radius 2 is 1.33 bits per heavy atom. The maximum Gasteiger partial charge on any atom is 0.0842 e. The third-order valence-electron chi connectivity index (χ3n) is 4.29. The highest BCUT2D eigenvalue weighted by Crippen LogP contribution is 2.11. The Morgan fingerprint density at radius 1 is 0.750 bits per heavy atom. The first kappa shape index (κ1) is 21.1. The van der Waals surface area contributed by atoms with Gasteiger partial charge in [0.2, 0.25) is 0 Å². The zero-order valence-corrected chi connectivity index (χ0v) is 15.8. The van der Waals surface area contributed by atoms with Crippen molar-refractivity contribution in [2.24, 2.45) is 0 Å². The van der Waals surface area contributed by atoms with E-state index in [2.05, 4.69) is 26.0 Å². The summed E-state index contributed by atoms with van der Waals surface area (Å²) in [6, 6.07) is 10.3. The van der Waals surface area contributed by atoms with Gasteiger partial charge in [-0.3, -0.25) is 0 Å². The van der Waals surface area contributed by atoms with E-state index >= 15 is 0 Å². The lowest BCUT2D eigenvalue weighted by molar-refractivity contribution is -0.429. The molecule has 0 N–H and O–H groups in total. The van der Waals surface area contributed by atoms with Crippen LogP contribution in [-0.4, -0.2) is 18.2 Å². The van der Waals surface area contributed by atoms with Crippen LogP contribution in [0.4, 0.5) is 0 Å². The van der Waals surface area contributed by atoms with Gasteiger partial charge in [-0.05, 0) is 18.9 Å². The van der Waals surface area contributed by atoms with Crippen molar-refractivity contribution < 1.29 is 9.88 Å². The number of nitrogens with zero attached hydrogens (tertiary/aromatic N) is 1. The van der Waals surface area contributed by atoms with Gasteiger partial charge < -0.3 is 0 Å². The van der Waals surface area contributed by atoms with E-state index in [1.54, 1.807) is 0 Å². The number of unbranched alkanes of at least 4 members (excludes halogenated alkanes) is 9. The standard InChI is InChI=1S/C21H37NO2/c1-3-5-6-7-8-9-10-11-12-16-19-23-24-22(4-2)20-21-17-14-13-15-18-21/h13-15,17-18H,3-12,16,19-20H2,1-2H3. The number of hydrogen-bond donors (Lipinski definition) is 0. The van der Waals surface area contributed by atoms with E-state index in [0.29, 0.717) is 6.61 Å². The Balaban J connectivity index is 1.90. The molecule has 0 radical (unpaired) electrons. The Labute approximate surface area is 149 Å². The van der Waals surface area contributed by atoms with Gasteiger partial charge in [0.25, 0.3) is 0 Å². The third kappa shape index (κ3) is 11.6. The molecule has 0 bridgehead atoms. The number of hydroxylamine groups is 2. The average molecular weight is 336 g/mol. The molecule has 0 aliphatic carbocycles. The highest BCUT2D eigenvalue weighted by atomic mass is 17.3. The molecule has 3 nitrogen and oxygen atoms in total. The predicted octanol–water partition coefficient (Wildman–Crippen LogP) is 6.29. The molecule has 0 aromatic heterocycles. The van der Waals surface area contributed by atoms with Gasteiger partial charge in [-0.25, -0.2) is 4.89 Å². The van der Waals surface area contributed by atoms with E-state index < -0.39 is 0 Å². The molecule has 1 aromatic carbocycles. The van der Waals surface area contributed by atoms with Crippen LogP contribution in [0.1, 0.15) is 83.6 Å². The highest BCUT2D eigenvalue weighted by Gasteiger charge is 2.04. The fraction of sp³-hybridized carbons (Fsp3) is 0.714. The van der Waals surface area contributed by atoms with Gasteiger partial charge in [0, 0.05) is 6.54 Å². The van der Waals surface area contributed by atoms with Crippen molar-refractivity contribution >= 4 is 0 Å². The number of benzene rings is 1. The minimum atomic E-state index is 0.682. The summed E-state index contributed by atoms with van der Waals surface area (Å²) in [4.78, 5) is 10.8. The number of hydrogen-bond acceptors (Lipinski definition) is 3. The zero-order chi connectivity index (χ0) is 17.3. The first-order valence-electron chi connectivity index (χ1n) is 9.95. The van der Waals surface area contributed by atoms with Crippen LogP contribution in [0.2, 0.25) is 0 Å². The summed E-state index contributed by atoms with van der Waals surface area (Å²) in [5.74, 6) is 0. The Kier molecular flexibility index (Phi) is 13.8. The summed E-state index contributed by atoms with van der Waals surface area (Å²) in [6.07, 6.45) is 13.4. The van der Waals surface area contributed by atoms with Crippen molar-refractivity contribution in [2.45, 2.75) is 84.6 Å². The smallest absolute Gasteiger partial charge is 0.0842 e. The molecule has 0 spiro atoms. The number of rotatable bonds is 16. The van der Waals surface area contributed by atoms with Gasteiger partial charge in [-0.15, -0.1) is 4.99 Å². The Bertz CT molecular complexity index is 369. The van der Waals surface area contributed by atoms with Gasteiger partial charge in [-0.2, -0.15) is 5.06 Å². The molecule has 1 aromatic rings. The molecular formula is C21H37NO2. The van der Waals surface area contributed by atoms with E-state index in [1.165, 1.54) is 63.4 Å². The van der Waals surface area contributed by atoms with Gasteiger partial charge in [0.15, 0.2) is 0 Å². The lowest BCUT2D eigenvalue weighted by Crippen LogP contribution is -2.23. The van der Waals surface area contributed by atoms with Crippen molar-refractivity contribution in [1.29, 1.82) is 0 Å². The Hall–Kier alpha value is -0.900. The normalized spacial score (nSPS) is 11.3. The van der Waals surface area contributed by atoms with Crippen LogP contribution >= 0.6 is 0 Å². The SMILES string of the molecule is CCCCCCCCCCCCOON(CC)Cc1ccccc1. The first-order chi connectivity index (χ1) is 11.9. The zero-order valence-electron chi connectivity index (χ0n) is 15.8. The third-order valence-corrected chi connectivity index (χ3v) is 4.29. The monoisotopic (exact) mass is 335 g/mol. The van der Waals surface area contributed by atoms with Crippen LogP contribution in [0.3, 0.4) is 0 Å². The van der Waals surface area contributed by atoms with Crippen molar-refractivity contribution in [3.05, 3.63) is 35.9 Å². The molecule has 0 aliphatic rings. The van der Waals surface area contributed by atoms with Crippen molar-refractivity contribution in [1.82, 2.24) is 5.06 Å². The molecule has 138 valence electrons. The summed E-state index contributed by atoms with van der Waals surface area (Å²) in [7, 11) is 0. The maximum atomic E-state index is 5.41. The summed E-state index contributed by atoms with van der Waals surface area (Å²) >= 11 is 0. The molecule has 0 saturated heterocycles. The van der Waals surface area contributed by atoms with E-state index in [-0.39, 0.29) is 0 Å². The Morgan fingerprint density at radius 3 is 1.92 bits per heavy atom. The van der Waals surface area contributed by atoms with Crippen LogP contribution in [0.15, 0.2) is 30.3 Å². The predicted molar refractivity (Wildman–Crippen MR) is 101 cm³/mol. The van der Waals surface area contributed by atoms with Crippen LogP contribution in [0, 0.1) is 0 Å². The van der Waals surface area contributed by atoms with Crippen LogP contribution in [0.25, 0.3) is 0 Å². The van der Waals surface area contributed by atoms with E-state index in [1.807, 2.05) is 23.3 Å². The lowest BCUT2D eigenvalue weighted by atomic mass is 10.1. The molecule has 0 atom stereocenters. The summed E-state index contributed by atoms with van der Waals surface area (Å²) in [5, 5.41) is 1.85. The highest BCUT2D eigenvalue weighted by molar-refractivity contribution is 5.13. The summed E-state index contributed by atoms with van der Waals surface area (Å²) in [5.41, 5.74) is 1.24. The van der Waals surface area contributed by atoms with E-state index in [0.717, 1.165) is 19.5 Å². The van der Waals surface area contributed by atoms with Crippen molar-refractivity contribution in [2.75, 3.05) is 13.2 Å². The molecule has 0 amide bonds. The van der Waals surface area contributed by atoms with Gasteiger partial charge in [0.1, 0.15) is 0 Å². The quantitative estimate of drug-likeness (QED) is 0.201.